The summed E-state index contributed by atoms with van der Waals surface area (Å²) >= 11 is 0. The standard InChI is InChI=1S/C13H18N6O/c1-9(14)10-3-5-11(6-4-10)17-13(20)19(2)7-12-15-8-16-18-12/h3-6,8-9H,7,14H2,1-2H3,(H,17,20)(H,15,16,18). The maximum Gasteiger partial charge on any atom is 0.321 e. The van der Waals surface area contributed by atoms with Crippen LogP contribution in [0.4, 0.5) is 10.5 Å². The van der Waals surface area contributed by atoms with Gasteiger partial charge in [-0.1, -0.05) is 12.1 Å². The molecule has 1 aromatic carbocycles. The van der Waals surface area contributed by atoms with Gasteiger partial charge in [0.2, 0.25) is 0 Å². The summed E-state index contributed by atoms with van der Waals surface area (Å²) in [5.41, 5.74) is 7.53. The molecule has 1 atom stereocenters. The van der Waals surface area contributed by atoms with Gasteiger partial charge in [0, 0.05) is 18.8 Å². The van der Waals surface area contributed by atoms with Gasteiger partial charge >= 0.3 is 6.03 Å². The quantitative estimate of drug-likeness (QED) is 0.786. The predicted molar refractivity (Wildman–Crippen MR) is 75.9 cm³/mol. The van der Waals surface area contributed by atoms with Gasteiger partial charge in [-0.2, -0.15) is 5.10 Å². The zero-order valence-corrected chi connectivity index (χ0v) is 11.5. The van der Waals surface area contributed by atoms with Crippen molar-refractivity contribution in [2.24, 2.45) is 5.73 Å². The van der Waals surface area contributed by atoms with Crippen LogP contribution in [-0.2, 0) is 6.54 Å². The number of nitrogens with two attached hydrogens (primary N) is 1. The topological polar surface area (TPSA) is 99.9 Å². The Kier molecular flexibility index (Phi) is 4.31. The van der Waals surface area contributed by atoms with E-state index in [2.05, 4.69) is 20.5 Å². The summed E-state index contributed by atoms with van der Waals surface area (Å²) in [6, 6.07) is 7.23. The van der Waals surface area contributed by atoms with Gasteiger partial charge in [-0.15, -0.1) is 0 Å². The first kappa shape index (κ1) is 14.0. The van der Waals surface area contributed by atoms with Gasteiger partial charge in [-0.3, -0.25) is 5.10 Å². The maximum atomic E-state index is 12.0. The van der Waals surface area contributed by atoms with Crippen molar-refractivity contribution in [3.05, 3.63) is 42.0 Å². The lowest BCUT2D eigenvalue weighted by atomic mass is 10.1. The number of aromatic amines is 1. The summed E-state index contributed by atoms with van der Waals surface area (Å²) in [7, 11) is 1.69. The number of carbonyl (C=O) groups is 1. The molecule has 2 amide bonds. The van der Waals surface area contributed by atoms with Crippen LogP contribution in [0.1, 0.15) is 24.4 Å². The minimum Gasteiger partial charge on any atom is -0.324 e. The molecule has 0 aliphatic heterocycles. The number of carbonyl (C=O) groups excluding carboxylic acids is 1. The van der Waals surface area contributed by atoms with E-state index in [1.54, 1.807) is 7.05 Å². The minimum absolute atomic E-state index is 0.0196. The van der Waals surface area contributed by atoms with Gasteiger partial charge in [-0.05, 0) is 24.6 Å². The Balaban J connectivity index is 1.93. The number of anilines is 1. The fraction of sp³-hybridized carbons (Fsp3) is 0.308. The van der Waals surface area contributed by atoms with Crippen LogP contribution in [0.3, 0.4) is 0 Å². The molecule has 0 spiro atoms. The molecule has 7 nitrogen and oxygen atoms in total. The number of benzene rings is 1. The molecule has 20 heavy (non-hydrogen) atoms. The molecule has 0 aliphatic rings. The van der Waals surface area contributed by atoms with E-state index in [0.717, 1.165) is 11.3 Å². The molecule has 0 bridgehead atoms. The average Bonchev–Trinajstić information content (AvgIpc) is 2.92. The third kappa shape index (κ3) is 3.55. The van der Waals surface area contributed by atoms with Gasteiger partial charge in [0.05, 0.1) is 6.54 Å². The number of nitrogens with one attached hydrogen (secondary N) is 2. The number of urea groups is 1. The first-order valence-electron chi connectivity index (χ1n) is 6.28. The van der Waals surface area contributed by atoms with Crippen LogP contribution < -0.4 is 11.1 Å². The average molecular weight is 274 g/mol. The lowest BCUT2D eigenvalue weighted by Gasteiger charge is -2.16. The molecular weight excluding hydrogens is 256 g/mol. The van der Waals surface area contributed by atoms with Crippen molar-refractivity contribution in [1.82, 2.24) is 20.1 Å². The highest BCUT2D eigenvalue weighted by Crippen LogP contribution is 2.14. The smallest absolute Gasteiger partial charge is 0.321 e. The fourth-order valence-corrected chi connectivity index (χ4v) is 1.69. The monoisotopic (exact) mass is 274 g/mol. The van der Waals surface area contributed by atoms with E-state index >= 15 is 0 Å². The minimum atomic E-state index is -0.213. The van der Waals surface area contributed by atoms with Gasteiger partial charge in [0.25, 0.3) is 0 Å². The summed E-state index contributed by atoms with van der Waals surface area (Å²) in [6.07, 6.45) is 1.41. The van der Waals surface area contributed by atoms with Crippen molar-refractivity contribution in [2.45, 2.75) is 19.5 Å². The zero-order chi connectivity index (χ0) is 14.5. The van der Waals surface area contributed by atoms with Gasteiger partial charge in [0.15, 0.2) is 0 Å². The molecule has 2 aromatic rings. The molecule has 0 saturated heterocycles. The summed E-state index contributed by atoms with van der Waals surface area (Å²) < 4.78 is 0. The Labute approximate surface area is 117 Å². The van der Waals surface area contributed by atoms with E-state index in [4.69, 9.17) is 5.73 Å². The van der Waals surface area contributed by atoms with Crippen molar-refractivity contribution in [2.75, 3.05) is 12.4 Å². The van der Waals surface area contributed by atoms with Crippen LogP contribution in [0, 0.1) is 0 Å². The molecule has 0 fully saturated rings. The molecule has 7 heteroatoms. The largest absolute Gasteiger partial charge is 0.324 e. The Morgan fingerprint density at radius 2 is 2.15 bits per heavy atom. The second-order valence-electron chi connectivity index (χ2n) is 4.63. The molecule has 2 rings (SSSR count). The van der Waals surface area contributed by atoms with Crippen LogP contribution in [-0.4, -0.2) is 33.2 Å². The SMILES string of the molecule is CC(N)c1ccc(NC(=O)N(C)Cc2ncn[nH]2)cc1. The summed E-state index contributed by atoms with van der Waals surface area (Å²) in [6.45, 7) is 2.28. The molecule has 1 heterocycles. The summed E-state index contributed by atoms with van der Waals surface area (Å²) in [4.78, 5) is 17.5. The molecule has 0 aliphatic carbocycles. The van der Waals surface area contributed by atoms with Crippen LogP contribution in [0.2, 0.25) is 0 Å². The van der Waals surface area contributed by atoms with Gasteiger partial charge in [-0.25, -0.2) is 9.78 Å². The highest BCUT2D eigenvalue weighted by molar-refractivity contribution is 5.89. The Morgan fingerprint density at radius 1 is 1.45 bits per heavy atom. The number of H-pyrrole nitrogens is 1. The molecular formula is C13H18N6O. The van der Waals surface area contributed by atoms with Gasteiger partial charge in [0.1, 0.15) is 12.2 Å². The van der Waals surface area contributed by atoms with Crippen molar-refractivity contribution >= 4 is 11.7 Å². The number of hydrogen-bond donors (Lipinski definition) is 3. The van der Waals surface area contributed by atoms with E-state index in [0.29, 0.717) is 12.4 Å². The van der Waals surface area contributed by atoms with Gasteiger partial charge < -0.3 is 16.0 Å². The fourth-order valence-electron chi connectivity index (χ4n) is 1.69. The molecule has 4 N–H and O–H groups in total. The van der Waals surface area contributed by atoms with E-state index in [1.165, 1.54) is 11.2 Å². The molecule has 1 aromatic heterocycles. The van der Waals surface area contributed by atoms with Crippen LogP contribution in [0.25, 0.3) is 0 Å². The van der Waals surface area contributed by atoms with E-state index in [9.17, 15) is 4.79 Å². The predicted octanol–water partition coefficient (Wildman–Crippen LogP) is 1.49. The first-order chi connectivity index (χ1) is 9.56. The van der Waals surface area contributed by atoms with Crippen molar-refractivity contribution < 1.29 is 4.79 Å². The highest BCUT2D eigenvalue weighted by atomic mass is 16.2. The number of nitrogens with zero attached hydrogens (tertiary/aromatic N) is 3. The Morgan fingerprint density at radius 3 is 2.70 bits per heavy atom. The number of aromatic nitrogens is 3. The maximum absolute atomic E-state index is 12.0. The zero-order valence-electron chi connectivity index (χ0n) is 11.5. The normalized spacial score (nSPS) is 11.9. The third-order valence-electron chi connectivity index (χ3n) is 2.89. The lowest BCUT2D eigenvalue weighted by molar-refractivity contribution is 0.219. The summed E-state index contributed by atoms with van der Waals surface area (Å²) in [5, 5.41) is 9.25. The number of rotatable bonds is 4. The Hall–Kier alpha value is -2.41. The third-order valence-corrected chi connectivity index (χ3v) is 2.89. The first-order valence-corrected chi connectivity index (χ1v) is 6.28. The van der Waals surface area contributed by atoms with Crippen molar-refractivity contribution in [3.63, 3.8) is 0 Å². The molecule has 106 valence electrons. The highest BCUT2D eigenvalue weighted by Gasteiger charge is 2.10. The van der Waals surface area contributed by atoms with Crippen LogP contribution in [0.15, 0.2) is 30.6 Å². The van der Waals surface area contributed by atoms with E-state index in [1.807, 2.05) is 31.2 Å². The summed E-state index contributed by atoms with van der Waals surface area (Å²) in [5.74, 6) is 0.634. The van der Waals surface area contributed by atoms with E-state index < -0.39 is 0 Å². The second kappa shape index (κ2) is 6.16. The molecule has 1 unspecified atom stereocenters. The number of hydrogen-bond acceptors (Lipinski definition) is 4. The number of amides is 2. The van der Waals surface area contributed by atoms with Crippen LogP contribution in [0.5, 0.6) is 0 Å². The Bertz CT molecular complexity index is 549. The van der Waals surface area contributed by atoms with Crippen molar-refractivity contribution in [1.29, 1.82) is 0 Å². The van der Waals surface area contributed by atoms with E-state index in [-0.39, 0.29) is 12.1 Å². The van der Waals surface area contributed by atoms with Crippen molar-refractivity contribution in [3.8, 4) is 0 Å². The molecule has 0 saturated carbocycles. The molecule has 0 radical (unpaired) electrons. The lowest BCUT2D eigenvalue weighted by Crippen LogP contribution is -2.31. The second-order valence-corrected chi connectivity index (χ2v) is 4.63. The van der Waals surface area contributed by atoms with Crippen LogP contribution >= 0.6 is 0 Å².